The van der Waals surface area contributed by atoms with Gasteiger partial charge in [0.15, 0.2) is 11.5 Å². The molecule has 1 saturated heterocycles. The predicted octanol–water partition coefficient (Wildman–Crippen LogP) is 4.10. The number of ether oxygens (including phenoxy) is 2. The lowest BCUT2D eigenvalue weighted by Crippen LogP contribution is -2.34. The van der Waals surface area contributed by atoms with Crippen LogP contribution in [-0.2, 0) is 4.79 Å². The van der Waals surface area contributed by atoms with Crippen LogP contribution in [0.5, 0.6) is 11.5 Å². The van der Waals surface area contributed by atoms with Gasteiger partial charge < -0.3 is 14.4 Å². The van der Waals surface area contributed by atoms with Gasteiger partial charge in [0.05, 0.1) is 5.75 Å². The van der Waals surface area contributed by atoms with E-state index in [2.05, 4.69) is 17.0 Å². The van der Waals surface area contributed by atoms with Crippen molar-refractivity contribution in [2.45, 2.75) is 42.6 Å². The monoisotopic (exact) mass is 379 g/mol. The lowest BCUT2D eigenvalue weighted by Gasteiger charge is -2.21. The van der Waals surface area contributed by atoms with Crippen LogP contribution in [0.25, 0.3) is 0 Å². The summed E-state index contributed by atoms with van der Waals surface area (Å²) in [6.45, 7) is 2.05. The van der Waals surface area contributed by atoms with Crippen molar-refractivity contribution >= 4 is 29.4 Å². The molecule has 0 aromatic heterocycles. The second kappa shape index (κ2) is 8.12. The summed E-state index contributed by atoms with van der Waals surface area (Å²) in [5, 5.41) is 1.14. The molecule has 0 N–H and O–H groups in total. The molecule has 1 atom stereocenters. The molecule has 2 heterocycles. The summed E-state index contributed by atoms with van der Waals surface area (Å²) in [6.07, 6.45) is 6.26. The van der Waals surface area contributed by atoms with Gasteiger partial charge in [-0.2, -0.15) is 11.8 Å². The highest BCUT2D eigenvalue weighted by atomic mass is 32.2. The SMILES string of the molecule is O=C(CSC1CCCC1)N1CCSC(c2ccc3c(c2)OCO3)CC1. The highest BCUT2D eigenvalue weighted by Gasteiger charge is 2.25. The van der Waals surface area contributed by atoms with Gasteiger partial charge in [0.2, 0.25) is 12.7 Å². The molecule has 1 aliphatic carbocycles. The van der Waals surface area contributed by atoms with Crippen LogP contribution in [0.15, 0.2) is 18.2 Å². The van der Waals surface area contributed by atoms with Gasteiger partial charge in [0.25, 0.3) is 0 Å². The van der Waals surface area contributed by atoms with Crippen molar-refractivity contribution in [3.05, 3.63) is 23.8 Å². The molecule has 0 spiro atoms. The quantitative estimate of drug-likeness (QED) is 0.788. The molecule has 136 valence electrons. The Bertz CT molecular complexity index is 619. The van der Waals surface area contributed by atoms with Gasteiger partial charge in [0.1, 0.15) is 0 Å². The second-order valence-corrected chi connectivity index (χ2v) is 9.46. The van der Waals surface area contributed by atoms with Crippen LogP contribution in [0.3, 0.4) is 0 Å². The molecule has 1 amide bonds. The maximum atomic E-state index is 12.6. The first kappa shape index (κ1) is 17.4. The van der Waals surface area contributed by atoms with Gasteiger partial charge in [-0.25, -0.2) is 0 Å². The lowest BCUT2D eigenvalue weighted by atomic mass is 10.1. The first-order valence-corrected chi connectivity index (χ1v) is 11.3. The maximum absolute atomic E-state index is 12.6. The van der Waals surface area contributed by atoms with E-state index in [1.807, 2.05) is 29.6 Å². The predicted molar refractivity (Wildman–Crippen MR) is 104 cm³/mol. The molecule has 3 aliphatic rings. The van der Waals surface area contributed by atoms with Crippen LogP contribution in [0.4, 0.5) is 0 Å². The van der Waals surface area contributed by atoms with E-state index in [1.165, 1.54) is 31.2 Å². The topological polar surface area (TPSA) is 38.8 Å². The van der Waals surface area contributed by atoms with Crippen LogP contribution >= 0.6 is 23.5 Å². The summed E-state index contributed by atoms with van der Waals surface area (Å²) in [5.74, 6) is 3.67. The van der Waals surface area contributed by atoms with Crippen molar-refractivity contribution in [1.29, 1.82) is 0 Å². The lowest BCUT2D eigenvalue weighted by molar-refractivity contribution is -0.128. The van der Waals surface area contributed by atoms with E-state index >= 15 is 0 Å². The summed E-state index contributed by atoms with van der Waals surface area (Å²) >= 11 is 3.82. The zero-order valence-corrected chi connectivity index (χ0v) is 16.1. The average molecular weight is 380 g/mol. The van der Waals surface area contributed by atoms with E-state index in [1.54, 1.807) is 0 Å². The fraction of sp³-hybridized carbons (Fsp3) is 0.632. The normalized spacial score (nSPS) is 23.7. The smallest absolute Gasteiger partial charge is 0.232 e. The third kappa shape index (κ3) is 4.22. The minimum Gasteiger partial charge on any atom is -0.454 e. The molecule has 2 aliphatic heterocycles. The molecule has 4 rings (SSSR count). The average Bonchev–Trinajstić information content (AvgIpc) is 3.26. The third-order valence-corrected chi connectivity index (χ3v) is 7.89. The first-order chi connectivity index (χ1) is 12.3. The Morgan fingerprint density at radius 3 is 2.88 bits per heavy atom. The second-order valence-electron chi connectivity index (χ2n) is 6.86. The molecule has 6 heteroatoms. The number of amides is 1. The van der Waals surface area contributed by atoms with Gasteiger partial charge in [-0.05, 0) is 37.0 Å². The number of hydrogen-bond acceptors (Lipinski definition) is 5. The Balaban J connectivity index is 1.31. The van der Waals surface area contributed by atoms with Crippen LogP contribution in [0.2, 0.25) is 0 Å². The van der Waals surface area contributed by atoms with Gasteiger partial charge in [-0.15, -0.1) is 11.8 Å². The number of carbonyl (C=O) groups is 1. The van der Waals surface area contributed by atoms with Gasteiger partial charge in [0, 0.05) is 29.3 Å². The minimum atomic E-state index is 0.317. The van der Waals surface area contributed by atoms with E-state index in [0.29, 0.717) is 29.0 Å². The molecule has 1 aromatic rings. The number of thioether (sulfide) groups is 2. The van der Waals surface area contributed by atoms with Crippen LogP contribution < -0.4 is 9.47 Å². The van der Waals surface area contributed by atoms with Crippen LogP contribution in [-0.4, -0.2) is 47.4 Å². The molecule has 4 nitrogen and oxygen atoms in total. The summed E-state index contributed by atoms with van der Waals surface area (Å²) in [5.41, 5.74) is 1.28. The molecular weight excluding hydrogens is 354 g/mol. The molecule has 25 heavy (non-hydrogen) atoms. The van der Waals surface area contributed by atoms with Gasteiger partial charge in [-0.1, -0.05) is 18.9 Å². The van der Waals surface area contributed by atoms with Gasteiger partial charge in [-0.3, -0.25) is 4.79 Å². The van der Waals surface area contributed by atoms with Crippen molar-refractivity contribution < 1.29 is 14.3 Å². The van der Waals surface area contributed by atoms with Crippen LogP contribution in [0.1, 0.15) is 42.9 Å². The fourth-order valence-electron chi connectivity index (χ4n) is 3.73. The Morgan fingerprint density at radius 1 is 1.16 bits per heavy atom. The van der Waals surface area contributed by atoms with Gasteiger partial charge >= 0.3 is 0 Å². The molecule has 1 saturated carbocycles. The molecule has 2 fully saturated rings. The van der Waals surface area contributed by atoms with Crippen LogP contribution in [0, 0.1) is 0 Å². The zero-order chi connectivity index (χ0) is 17.1. The van der Waals surface area contributed by atoms with E-state index in [9.17, 15) is 4.79 Å². The Hall–Kier alpha value is -1.01. The Morgan fingerprint density at radius 2 is 2.00 bits per heavy atom. The number of benzene rings is 1. The van der Waals surface area contributed by atoms with E-state index in [-0.39, 0.29) is 0 Å². The standard InChI is InChI=1S/C19H25NO3S2/c21-19(12-25-15-3-1-2-4-15)20-8-7-18(24-10-9-20)14-5-6-16-17(11-14)23-13-22-16/h5-6,11,15,18H,1-4,7-10,12-13H2. The molecule has 0 radical (unpaired) electrons. The molecule has 0 bridgehead atoms. The number of nitrogens with zero attached hydrogens (tertiary/aromatic N) is 1. The number of rotatable bonds is 4. The van der Waals surface area contributed by atoms with E-state index in [4.69, 9.17) is 9.47 Å². The maximum Gasteiger partial charge on any atom is 0.232 e. The summed E-state index contributed by atoms with van der Waals surface area (Å²) < 4.78 is 10.9. The fourth-order valence-corrected chi connectivity index (χ4v) is 6.18. The molecule has 1 aromatic carbocycles. The van der Waals surface area contributed by atoms with Crippen molar-refractivity contribution in [2.75, 3.05) is 31.4 Å². The number of fused-ring (bicyclic) bond motifs is 1. The zero-order valence-electron chi connectivity index (χ0n) is 14.4. The van der Waals surface area contributed by atoms with Crippen molar-refractivity contribution in [2.24, 2.45) is 0 Å². The summed E-state index contributed by atoms with van der Waals surface area (Å²) in [6, 6.07) is 6.25. The first-order valence-electron chi connectivity index (χ1n) is 9.20. The van der Waals surface area contributed by atoms with Crippen molar-refractivity contribution in [3.63, 3.8) is 0 Å². The minimum absolute atomic E-state index is 0.317. The highest BCUT2D eigenvalue weighted by Crippen LogP contribution is 2.40. The largest absolute Gasteiger partial charge is 0.454 e. The Labute approximate surface area is 158 Å². The van der Waals surface area contributed by atoms with Crippen molar-refractivity contribution in [1.82, 2.24) is 4.90 Å². The Kier molecular flexibility index (Phi) is 5.66. The summed E-state index contributed by atoms with van der Waals surface area (Å²) in [4.78, 5) is 14.6. The third-order valence-electron chi connectivity index (χ3n) is 5.21. The summed E-state index contributed by atoms with van der Waals surface area (Å²) in [7, 11) is 0. The van der Waals surface area contributed by atoms with Crippen molar-refractivity contribution in [3.8, 4) is 11.5 Å². The molecular formula is C19H25NO3S2. The number of carbonyl (C=O) groups excluding carboxylic acids is 1. The number of hydrogen-bond donors (Lipinski definition) is 0. The van der Waals surface area contributed by atoms with E-state index in [0.717, 1.165) is 36.8 Å². The van der Waals surface area contributed by atoms with E-state index < -0.39 is 0 Å². The molecule has 1 unspecified atom stereocenters. The highest BCUT2D eigenvalue weighted by molar-refractivity contribution is 8.00.